The first kappa shape index (κ1) is 16.4. The van der Waals surface area contributed by atoms with E-state index < -0.39 is 5.97 Å². The number of carbonyl (C=O) groups is 2. The number of benzene rings is 1. The molecule has 0 radical (unpaired) electrons. The number of furan rings is 1. The van der Waals surface area contributed by atoms with E-state index >= 15 is 0 Å². The fraction of sp³-hybridized carbons (Fsp3) is 0.294. The standard InChI is InChI=1S/C17H17ClN2O4/c18-13-4-1-2-5-14(13)19-7-9-20(10-8-19)16(21)12-24-17(22)15-6-3-11-23-15/h1-6,11H,7-10,12H2. The van der Waals surface area contributed by atoms with Crippen molar-refractivity contribution in [3.8, 4) is 0 Å². The first-order chi connectivity index (χ1) is 11.6. The zero-order valence-corrected chi connectivity index (χ0v) is 13.7. The van der Waals surface area contributed by atoms with Gasteiger partial charge in [-0.15, -0.1) is 0 Å². The molecule has 1 aromatic heterocycles. The molecule has 6 nitrogen and oxygen atoms in total. The number of piperazine rings is 1. The highest BCUT2D eigenvalue weighted by Gasteiger charge is 2.23. The van der Waals surface area contributed by atoms with Gasteiger partial charge in [0.15, 0.2) is 6.61 Å². The average Bonchev–Trinajstić information content (AvgIpc) is 3.15. The number of hydrogen-bond acceptors (Lipinski definition) is 5. The number of esters is 1. The van der Waals surface area contributed by atoms with Gasteiger partial charge in [0.2, 0.25) is 5.76 Å². The Kier molecular flexibility index (Phi) is 5.05. The molecule has 1 aromatic carbocycles. The number of hydrogen-bond donors (Lipinski definition) is 0. The van der Waals surface area contributed by atoms with Crippen LogP contribution in [0.4, 0.5) is 5.69 Å². The zero-order valence-electron chi connectivity index (χ0n) is 13.0. The van der Waals surface area contributed by atoms with Gasteiger partial charge in [0.1, 0.15) is 0 Å². The Labute approximate surface area is 144 Å². The lowest BCUT2D eigenvalue weighted by Crippen LogP contribution is -2.50. The molecule has 0 unspecified atom stereocenters. The SMILES string of the molecule is O=C(OCC(=O)N1CCN(c2ccccc2Cl)CC1)c1ccco1. The van der Waals surface area contributed by atoms with Crippen molar-refractivity contribution >= 4 is 29.2 Å². The summed E-state index contributed by atoms with van der Waals surface area (Å²) in [6, 6.07) is 10.7. The second-order valence-electron chi connectivity index (χ2n) is 5.37. The minimum absolute atomic E-state index is 0.0892. The van der Waals surface area contributed by atoms with E-state index in [2.05, 4.69) is 4.90 Å². The summed E-state index contributed by atoms with van der Waals surface area (Å²) in [5.41, 5.74) is 0.968. The number of anilines is 1. The summed E-state index contributed by atoms with van der Waals surface area (Å²) in [7, 11) is 0. The van der Waals surface area contributed by atoms with Crippen LogP contribution in [0.5, 0.6) is 0 Å². The number of amides is 1. The van der Waals surface area contributed by atoms with E-state index in [4.69, 9.17) is 20.8 Å². The summed E-state index contributed by atoms with van der Waals surface area (Å²) in [4.78, 5) is 27.6. The molecule has 0 atom stereocenters. The lowest BCUT2D eigenvalue weighted by molar-refractivity contribution is -0.134. The van der Waals surface area contributed by atoms with Crippen molar-refractivity contribution in [1.29, 1.82) is 0 Å². The molecule has 0 N–H and O–H groups in total. The van der Waals surface area contributed by atoms with Crippen LogP contribution in [0.15, 0.2) is 47.1 Å². The van der Waals surface area contributed by atoms with Gasteiger partial charge in [0, 0.05) is 26.2 Å². The third kappa shape index (κ3) is 3.71. The largest absolute Gasteiger partial charge is 0.457 e. The van der Waals surface area contributed by atoms with Crippen molar-refractivity contribution in [1.82, 2.24) is 4.90 Å². The maximum absolute atomic E-state index is 12.2. The lowest BCUT2D eigenvalue weighted by atomic mass is 10.2. The summed E-state index contributed by atoms with van der Waals surface area (Å²) >= 11 is 6.20. The van der Waals surface area contributed by atoms with Crippen LogP contribution in [0.2, 0.25) is 5.02 Å². The molecule has 1 saturated heterocycles. The molecule has 1 fully saturated rings. The van der Waals surface area contributed by atoms with Gasteiger partial charge in [-0.05, 0) is 24.3 Å². The van der Waals surface area contributed by atoms with Gasteiger partial charge in [0.05, 0.1) is 17.0 Å². The number of nitrogens with zero attached hydrogens (tertiary/aromatic N) is 2. The van der Waals surface area contributed by atoms with E-state index in [0.29, 0.717) is 31.2 Å². The van der Waals surface area contributed by atoms with Crippen LogP contribution in [-0.4, -0.2) is 49.6 Å². The van der Waals surface area contributed by atoms with Gasteiger partial charge in [-0.1, -0.05) is 23.7 Å². The van der Waals surface area contributed by atoms with Crippen LogP contribution in [-0.2, 0) is 9.53 Å². The Morgan fingerprint density at radius 1 is 1.08 bits per heavy atom. The van der Waals surface area contributed by atoms with Crippen LogP contribution in [0.3, 0.4) is 0 Å². The minimum atomic E-state index is -0.636. The average molecular weight is 349 g/mol. The van der Waals surface area contributed by atoms with Crippen LogP contribution >= 0.6 is 11.6 Å². The predicted molar refractivity (Wildman–Crippen MR) is 89.2 cm³/mol. The molecule has 2 heterocycles. The van der Waals surface area contributed by atoms with Crippen molar-refractivity contribution in [3.63, 3.8) is 0 Å². The van der Waals surface area contributed by atoms with E-state index in [1.807, 2.05) is 24.3 Å². The number of halogens is 1. The van der Waals surface area contributed by atoms with Crippen molar-refractivity contribution in [2.45, 2.75) is 0 Å². The quantitative estimate of drug-likeness (QED) is 0.794. The van der Waals surface area contributed by atoms with E-state index in [1.54, 1.807) is 11.0 Å². The Morgan fingerprint density at radius 2 is 1.83 bits per heavy atom. The fourth-order valence-electron chi connectivity index (χ4n) is 2.59. The van der Waals surface area contributed by atoms with Gasteiger partial charge < -0.3 is 19.0 Å². The molecule has 1 aliphatic heterocycles. The summed E-state index contributed by atoms with van der Waals surface area (Å²) in [5, 5.41) is 0.699. The monoisotopic (exact) mass is 348 g/mol. The molecule has 0 bridgehead atoms. The lowest BCUT2D eigenvalue weighted by Gasteiger charge is -2.36. The molecule has 0 spiro atoms. The molecular formula is C17H17ClN2O4. The third-order valence-electron chi connectivity index (χ3n) is 3.87. The molecule has 1 aliphatic rings. The highest BCUT2D eigenvalue weighted by atomic mass is 35.5. The van der Waals surface area contributed by atoms with Crippen LogP contribution in [0, 0.1) is 0 Å². The molecule has 3 rings (SSSR count). The maximum Gasteiger partial charge on any atom is 0.374 e. The topological polar surface area (TPSA) is 63.0 Å². The molecule has 24 heavy (non-hydrogen) atoms. The first-order valence-electron chi connectivity index (χ1n) is 7.63. The van der Waals surface area contributed by atoms with E-state index in [9.17, 15) is 9.59 Å². The number of ether oxygens (including phenoxy) is 1. The molecule has 7 heteroatoms. The predicted octanol–water partition coefficient (Wildman–Crippen LogP) is 2.44. The van der Waals surface area contributed by atoms with Crippen molar-refractivity contribution in [2.24, 2.45) is 0 Å². The second-order valence-corrected chi connectivity index (χ2v) is 5.78. The van der Waals surface area contributed by atoms with Crippen LogP contribution < -0.4 is 4.90 Å². The Morgan fingerprint density at radius 3 is 2.50 bits per heavy atom. The van der Waals surface area contributed by atoms with Crippen molar-refractivity contribution < 1.29 is 18.7 Å². The van der Waals surface area contributed by atoms with Gasteiger partial charge in [0.25, 0.3) is 5.91 Å². The second kappa shape index (κ2) is 7.40. The van der Waals surface area contributed by atoms with Gasteiger partial charge in [-0.3, -0.25) is 4.79 Å². The molecule has 1 amide bonds. The summed E-state index contributed by atoms with van der Waals surface area (Å²) < 4.78 is 9.90. The Bertz CT molecular complexity index is 709. The van der Waals surface area contributed by atoms with Gasteiger partial charge in [-0.2, -0.15) is 0 Å². The minimum Gasteiger partial charge on any atom is -0.457 e. The van der Waals surface area contributed by atoms with Crippen LogP contribution in [0.25, 0.3) is 0 Å². The van der Waals surface area contributed by atoms with E-state index in [1.165, 1.54) is 12.3 Å². The normalized spacial score (nSPS) is 14.5. The van der Waals surface area contributed by atoms with Gasteiger partial charge in [-0.25, -0.2) is 4.79 Å². The number of rotatable bonds is 4. The molecular weight excluding hydrogens is 332 g/mol. The molecule has 126 valence electrons. The fourth-order valence-corrected chi connectivity index (χ4v) is 2.84. The summed E-state index contributed by atoms with van der Waals surface area (Å²) in [6.07, 6.45) is 1.38. The molecule has 0 aliphatic carbocycles. The Balaban J connectivity index is 1.48. The first-order valence-corrected chi connectivity index (χ1v) is 8.01. The summed E-state index contributed by atoms with van der Waals surface area (Å²) in [6.45, 7) is 2.19. The number of carbonyl (C=O) groups excluding carboxylic acids is 2. The Hall–Kier alpha value is -2.47. The zero-order chi connectivity index (χ0) is 16.9. The third-order valence-corrected chi connectivity index (χ3v) is 4.19. The van der Waals surface area contributed by atoms with Crippen molar-refractivity contribution in [2.75, 3.05) is 37.7 Å². The maximum atomic E-state index is 12.2. The van der Waals surface area contributed by atoms with Gasteiger partial charge >= 0.3 is 5.97 Å². The van der Waals surface area contributed by atoms with E-state index in [0.717, 1.165) is 5.69 Å². The summed E-state index contributed by atoms with van der Waals surface area (Å²) in [5.74, 6) is -0.761. The van der Waals surface area contributed by atoms with Crippen molar-refractivity contribution in [3.05, 3.63) is 53.4 Å². The molecule has 0 saturated carbocycles. The molecule has 2 aromatic rings. The van der Waals surface area contributed by atoms with Crippen LogP contribution in [0.1, 0.15) is 10.6 Å². The van der Waals surface area contributed by atoms with E-state index in [-0.39, 0.29) is 18.3 Å². The highest BCUT2D eigenvalue weighted by Crippen LogP contribution is 2.26. The highest BCUT2D eigenvalue weighted by molar-refractivity contribution is 6.33. The smallest absolute Gasteiger partial charge is 0.374 e. The number of para-hydroxylation sites is 1.